The van der Waals surface area contributed by atoms with Crippen molar-refractivity contribution in [3.63, 3.8) is 0 Å². The number of para-hydroxylation sites is 1. The van der Waals surface area contributed by atoms with Gasteiger partial charge in [0.25, 0.3) is 46.0 Å². The number of rotatable bonds is 12. The summed E-state index contributed by atoms with van der Waals surface area (Å²) >= 11 is 0. The summed E-state index contributed by atoms with van der Waals surface area (Å²) in [4.78, 5) is 7.66. The van der Waals surface area contributed by atoms with Gasteiger partial charge in [0.15, 0.2) is 5.75 Å². The minimum atomic E-state index is -5.51. The summed E-state index contributed by atoms with van der Waals surface area (Å²) in [5, 5.41) is 87.7. The number of hydrogen-bond donors (Lipinski definition) is 5. The number of hydrogen-bond acceptors (Lipinski definition) is 20. The second-order valence-electron chi connectivity index (χ2n) is 15.0. The molecule has 75 heavy (non-hydrogen) atoms. The molecule has 0 aliphatic heterocycles. The van der Waals surface area contributed by atoms with Crippen molar-refractivity contribution >= 4 is 96.1 Å². The van der Waals surface area contributed by atoms with E-state index in [9.17, 15) is 82.2 Å². The summed E-state index contributed by atoms with van der Waals surface area (Å²) in [6.45, 7) is 1.54. The smallest absolute Gasteiger partial charge is 0.871 e. The first-order chi connectivity index (χ1) is 33.6. The predicted octanol–water partition coefficient (Wildman–Crippen LogP) is 5.30. The minimum Gasteiger partial charge on any atom is -0.871 e. The zero-order valence-electron chi connectivity index (χ0n) is 36.5. The first-order valence-corrected chi connectivity index (χ1v) is 25.3. The molecule has 7 aromatic carbocycles. The molecule has 0 aliphatic carbocycles. The summed E-state index contributed by atoms with van der Waals surface area (Å²) in [7, 11) is -21.7. The number of phenolic OH excluding ortho intramolecular Hbond substituents is 1. The molecule has 0 spiro atoms. The third kappa shape index (κ3) is 11.8. The number of phenols is 1. The Morgan fingerprint density at radius 2 is 1.00 bits per heavy atom. The Kier molecular flexibility index (Phi) is 17.1. The van der Waals surface area contributed by atoms with Gasteiger partial charge in [0.1, 0.15) is 26.1 Å². The van der Waals surface area contributed by atoms with Crippen LogP contribution in [0.2, 0.25) is 0 Å². The maximum atomic E-state index is 13.7. The molecule has 33 heteroatoms. The topological polar surface area (TPSA) is 440 Å². The van der Waals surface area contributed by atoms with E-state index in [1.165, 1.54) is 18.2 Å². The summed E-state index contributed by atoms with van der Waals surface area (Å²) in [5.41, 5.74) is -3.37. The maximum Gasteiger partial charge on any atom is 2.00 e. The van der Waals surface area contributed by atoms with Crippen LogP contribution >= 0.6 is 0 Å². The molecule has 0 aliphatic rings. The Hall–Kier alpha value is -6.93. The summed E-state index contributed by atoms with van der Waals surface area (Å²) in [6, 6.07) is 19.0. The van der Waals surface area contributed by atoms with E-state index >= 15 is 0 Å². The molecule has 0 saturated heterocycles. The Labute approximate surface area is 453 Å². The standard InChI is InChI=1S/C42H30N8O18S4.3Cu/c1-19-36(42(56)50(49-19)23-5-3-2-4-6-23)46-43-27-10-7-20(14-30(27)51)21-8-11-28(31(52)15-21)44-47-37-34(72(66,67)68)18-26-25(40(37)54)9-12-29(39(26)53)45-48-38-33(71(63,64)65)16-22-13-24(69(57,58)59)17-32(70(60,61)62)35(22)41(38)55;;;/h2-18H,1H3,(H10,43,44,45,46,47,48,49,51,52,53,54,55,56,57,58,59,60,61,62,63,64,65,66,67,68);;;/q;3*+2/p-5. The Morgan fingerprint density at radius 1 is 0.507 bits per heavy atom. The van der Waals surface area contributed by atoms with E-state index in [1.807, 2.05) is 0 Å². The second-order valence-corrected chi connectivity index (χ2v) is 20.6. The first kappa shape index (κ1) is 59.0. The van der Waals surface area contributed by atoms with Crippen LogP contribution in [-0.4, -0.2) is 61.7 Å². The van der Waals surface area contributed by atoms with Crippen LogP contribution in [-0.2, 0) is 91.7 Å². The van der Waals surface area contributed by atoms with Crippen molar-refractivity contribution in [2.75, 3.05) is 0 Å². The fourth-order valence-corrected chi connectivity index (χ4v) is 9.70. The van der Waals surface area contributed by atoms with E-state index < -0.39 is 139 Å². The van der Waals surface area contributed by atoms with Crippen molar-refractivity contribution in [3.05, 3.63) is 119 Å². The molecule has 8 aromatic rings. The molecule has 0 amide bonds. The van der Waals surface area contributed by atoms with Gasteiger partial charge in [-0.15, -0.1) is 21.0 Å². The fraction of sp³-hybridized carbons (Fsp3) is 0.0238. The molecule has 8 rings (SSSR count). The van der Waals surface area contributed by atoms with Crippen LogP contribution in [0.5, 0.6) is 28.7 Å². The van der Waals surface area contributed by atoms with Gasteiger partial charge in [-0.2, -0.15) is 49.0 Å². The molecular weight excluding hydrogens is 1220 g/mol. The maximum absolute atomic E-state index is 13.7. The number of aromatic hydroxyl groups is 1. The van der Waals surface area contributed by atoms with Crippen LogP contribution in [0.4, 0.5) is 34.1 Å². The number of aromatic nitrogens is 2. The predicted molar refractivity (Wildman–Crippen MR) is 241 cm³/mol. The van der Waals surface area contributed by atoms with Gasteiger partial charge in [-0.25, -0.2) is 0 Å². The molecule has 0 atom stereocenters. The number of aryl methyl sites for hydroxylation is 1. The van der Waals surface area contributed by atoms with Crippen molar-refractivity contribution in [2.24, 2.45) is 30.7 Å². The van der Waals surface area contributed by atoms with Gasteiger partial charge in [-0.1, -0.05) is 78.5 Å². The van der Waals surface area contributed by atoms with E-state index in [-0.39, 0.29) is 85.5 Å². The molecule has 1 aromatic heterocycles. The Bertz CT molecular complexity index is 4270. The van der Waals surface area contributed by atoms with Crippen molar-refractivity contribution < 1.29 is 129 Å². The monoisotopic (exact) mass is 1250 g/mol. The SMILES string of the molecule is Cc1[n-]n(-c2ccccc2)c(=O)c1N=Nc1ccc(-c2ccc(N=Nc3c(S(=O)(=O)O)cc4c([O-])c(N=Nc5c(S(=O)(=O)O)cc6cc(S(=O)(=O)O)cc(S(=O)(=O)O)c6c5O)ccc4c3[O-])c([O-])c2)cc1[O-].[Cu+2].[Cu+2].[Cu+2]. The molecule has 0 saturated carbocycles. The quantitative estimate of drug-likeness (QED) is 0.0588. The molecule has 0 unspecified atom stereocenters. The van der Waals surface area contributed by atoms with E-state index in [4.69, 9.17) is 0 Å². The molecule has 1 heterocycles. The van der Waals surface area contributed by atoms with Gasteiger partial charge in [0.2, 0.25) is 0 Å². The molecule has 26 nitrogen and oxygen atoms in total. The van der Waals surface area contributed by atoms with E-state index in [1.54, 1.807) is 37.3 Å². The van der Waals surface area contributed by atoms with Gasteiger partial charge < -0.3 is 35.3 Å². The zero-order chi connectivity index (χ0) is 52.4. The summed E-state index contributed by atoms with van der Waals surface area (Å²) < 4.78 is 139. The van der Waals surface area contributed by atoms with Gasteiger partial charge in [-0.05, 0) is 81.9 Å². The molecule has 3 radical (unpaired) electrons. The van der Waals surface area contributed by atoms with Crippen molar-refractivity contribution in [1.82, 2.24) is 9.78 Å². The zero-order valence-corrected chi connectivity index (χ0v) is 42.6. The fourth-order valence-electron chi connectivity index (χ4n) is 7.03. The van der Waals surface area contributed by atoms with Crippen molar-refractivity contribution in [3.8, 4) is 45.6 Å². The van der Waals surface area contributed by atoms with Gasteiger partial charge in [-0.3, -0.25) is 23.0 Å². The molecule has 5 N–H and O–H groups in total. The second kappa shape index (κ2) is 21.7. The Morgan fingerprint density at radius 3 is 1.52 bits per heavy atom. The molecular formula is C42H25Cu3N8O18S4+. The number of azo groups is 3. The van der Waals surface area contributed by atoms with Crippen molar-refractivity contribution in [1.29, 1.82) is 0 Å². The third-order valence-electron chi connectivity index (χ3n) is 10.4. The third-order valence-corrected chi connectivity index (χ3v) is 13.8. The van der Waals surface area contributed by atoms with E-state index in [0.717, 1.165) is 35.0 Å². The summed E-state index contributed by atoms with van der Waals surface area (Å²) in [6.07, 6.45) is 0. The van der Waals surface area contributed by atoms with Crippen LogP contribution in [0.25, 0.3) is 38.4 Å². The first-order valence-electron chi connectivity index (χ1n) is 19.5. The van der Waals surface area contributed by atoms with Crippen LogP contribution in [0, 0.1) is 6.92 Å². The van der Waals surface area contributed by atoms with Crippen LogP contribution in [0.1, 0.15) is 5.69 Å². The largest absolute Gasteiger partial charge is 2.00 e. The number of nitrogens with zero attached hydrogens (tertiary/aromatic N) is 8. The number of fused-ring (bicyclic) bond motifs is 2. The van der Waals surface area contributed by atoms with E-state index in [0.29, 0.717) is 23.9 Å². The van der Waals surface area contributed by atoms with Crippen LogP contribution in [0.15, 0.2) is 158 Å². The van der Waals surface area contributed by atoms with E-state index in [2.05, 4.69) is 35.8 Å². The Balaban J connectivity index is 0.00000347. The minimum absolute atomic E-state index is 0. The average Bonchev–Trinajstić information content (AvgIpc) is 3.58. The van der Waals surface area contributed by atoms with Gasteiger partial charge in [0, 0.05) is 11.1 Å². The molecule has 0 fully saturated rings. The van der Waals surface area contributed by atoms with Crippen LogP contribution < -0.4 is 31.1 Å². The van der Waals surface area contributed by atoms with Gasteiger partial charge in [0.05, 0.1) is 27.6 Å². The average molecular weight is 1250 g/mol. The van der Waals surface area contributed by atoms with Gasteiger partial charge >= 0.3 is 51.2 Å². The van der Waals surface area contributed by atoms with Crippen LogP contribution in [0.3, 0.4) is 0 Å². The molecule has 0 bridgehead atoms. The number of benzene rings is 7. The summed E-state index contributed by atoms with van der Waals surface area (Å²) in [5.74, 6) is -5.67. The van der Waals surface area contributed by atoms with Crippen molar-refractivity contribution in [2.45, 2.75) is 26.5 Å². The molecule has 397 valence electrons. The normalized spacial score (nSPS) is 12.3.